The van der Waals surface area contributed by atoms with Crippen molar-refractivity contribution in [3.63, 3.8) is 0 Å². The SMILES string of the molecule is COc1nn2cc(-c3cc4ccc5c(c4o3)C=CC(C)(C)O5)nc2s1. The van der Waals surface area contributed by atoms with Crippen LogP contribution in [-0.2, 0) is 0 Å². The lowest BCUT2D eigenvalue weighted by Gasteiger charge is -2.27. The van der Waals surface area contributed by atoms with Crippen LogP contribution in [0.3, 0.4) is 0 Å². The fraction of sp³-hybridized carbons (Fsp3) is 0.222. The molecule has 3 aromatic heterocycles. The molecule has 0 N–H and O–H groups in total. The summed E-state index contributed by atoms with van der Waals surface area (Å²) in [6.07, 6.45) is 5.94. The molecule has 4 aromatic rings. The average molecular weight is 353 g/mol. The Kier molecular flexibility index (Phi) is 2.82. The van der Waals surface area contributed by atoms with Gasteiger partial charge in [-0.1, -0.05) is 0 Å². The Balaban J connectivity index is 1.63. The number of furan rings is 1. The molecule has 0 saturated heterocycles. The fourth-order valence-corrected chi connectivity index (χ4v) is 3.66. The lowest BCUT2D eigenvalue weighted by Crippen LogP contribution is -2.27. The van der Waals surface area contributed by atoms with E-state index in [0.717, 1.165) is 32.9 Å². The summed E-state index contributed by atoms with van der Waals surface area (Å²) in [7, 11) is 1.60. The minimum absolute atomic E-state index is 0.310. The molecule has 0 bridgehead atoms. The lowest BCUT2D eigenvalue weighted by molar-refractivity contribution is 0.159. The van der Waals surface area contributed by atoms with Crippen LogP contribution in [0, 0.1) is 0 Å². The van der Waals surface area contributed by atoms with Gasteiger partial charge in [-0.3, -0.25) is 0 Å². The Morgan fingerprint density at radius 2 is 2.16 bits per heavy atom. The van der Waals surface area contributed by atoms with E-state index in [0.29, 0.717) is 11.0 Å². The van der Waals surface area contributed by atoms with E-state index in [9.17, 15) is 0 Å². The summed E-state index contributed by atoms with van der Waals surface area (Å²) >= 11 is 1.39. The highest BCUT2D eigenvalue weighted by Gasteiger charge is 2.24. The van der Waals surface area contributed by atoms with E-state index in [1.165, 1.54) is 11.3 Å². The Bertz CT molecular complexity index is 1120. The van der Waals surface area contributed by atoms with Crippen LogP contribution in [0.2, 0.25) is 0 Å². The molecule has 0 atom stereocenters. The molecule has 4 heterocycles. The Hall–Kier alpha value is -2.80. The molecule has 0 spiro atoms. The highest BCUT2D eigenvalue weighted by atomic mass is 32.1. The van der Waals surface area contributed by atoms with Gasteiger partial charge in [-0.15, -0.1) is 5.10 Å². The lowest BCUT2D eigenvalue weighted by atomic mass is 10.0. The molecular weight excluding hydrogens is 338 g/mol. The smallest absolute Gasteiger partial charge is 0.294 e. The molecule has 0 unspecified atom stereocenters. The summed E-state index contributed by atoms with van der Waals surface area (Å²) in [5.74, 6) is 1.54. The van der Waals surface area contributed by atoms with Gasteiger partial charge in [0.1, 0.15) is 22.6 Å². The van der Waals surface area contributed by atoms with E-state index in [-0.39, 0.29) is 5.60 Å². The molecule has 126 valence electrons. The third-order valence-electron chi connectivity index (χ3n) is 4.16. The van der Waals surface area contributed by atoms with Gasteiger partial charge in [0.2, 0.25) is 4.96 Å². The molecule has 7 heteroatoms. The zero-order chi connectivity index (χ0) is 17.2. The van der Waals surface area contributed by atoms with E-state index in [1.54, 1.807) is 11.6 Å². The topological polar surface area (TPSA) is 61.8 Å². The van der Waals surface area contributed by atoms with E-state index in [2.05, 4.69) is 16.2 Å². The summed E-state index contributed by atoms with van der Waals surface area (Å²) < 4.78 is 19.0. The molecule has 0 saturated carbocycles. The first-order valence-corrected chi connectivity index (χ1v) is 8.69. The second-order valence-corrected chi connectivity index (χ2v) is 7.39. The monoisotopic (exact) mass is 353 g/mol. The molecular formula is C18H15N3O3S. The van der Waals surface area contributed by atoms with Crippen molar-refractivity contribution in [1.82, 2.24) is 14.6 Å². The van der Waals surface area contributed by atoms with Gasteiger partial charge >= 0.3 is 0 Å². The standard InChI is InChI=1S/C18H15N3O3S/c1-18(2)7-6-11-13(24-18)5-4-10-8-14(23-15(10)11)12-9-21-16(19-12)25-17(20-21)22-3/h4-9H,1-3H3. The van der Waals surface area contributed by atoms with Gasteiger partial charge in [0.05, 0.1) is 18.9 Å². The van der Waals surface area contributed by atoms with Crippen molar-refractivity contribution in [1.29, 1.82) is 0 Å². The minimum atomic E-state index is -0.310. The molecule has 0 radical (unpaired) electrons. The van der Waals surface area contributed by atoms with Crippen LogP contribution in [0.25, 0.3) is 33.5 Å². The summed E-state index contributed by atoms with van der Waals surface area (Å²) in [6.45, 7) is 4.06. The number of benzene rings is 1. The summed E-state index contributed by atoms with van der Waals surface area (Å²) in [5.41, 5.74) is 2.20. The first-order valence-electron chi connectivity index (χ1n) is 7.88. The number of fused-ring (bicyclic) bond motifs is 4. The number of hydrogen-bond donors (Lipinski definition) is 0. The van der Waals surface area contributed by atoms with Gasteiger partial charge < -0.3 is 13.9 Å². The van der Waals surface area contributed by atoms with Crippen LogP contribution < -0.4 is 9.47 Å². The summed E-state index contributed by atoms with van der Waals surface area (Å²) in [5, 5.41) is 5.89. The van der Waals surface area contributed by atoms with Gasteiger partial charge in [-0.25, -0.2) is 9.50 Å². The number of ether oxygens (including phenoxy) is 2. The maximum Gasteiger partial charge on any atom is 0.294 e. The van der Waals surface area contributed by atoms with E-state index < -0.39 is 0 Å². The number of hydrogen-bond acceptors (Lipinski definition) is 6. The van der Waals surface area contributed by atoms with Crippen LogP contribution in [0.1, 0.15) is 19.4 Å². The van der Waals surface area contributed by atoms with Crippen LogP contribution in [0.5, 0.6) is 10.9 Å². The van der Waals surface area contributed by atoms with E-state index in [4.69, 9.17) is 13.9 Å². The molecule has 1 aromatic carbocycles. The van der Waals surface area contributed by atoms with Gasteiger partial charge in [0.25, 0.3) is 5.19 Å². The number of nitrogens with zero attached hydrogens (tertiary/aromatic N) is 3. The van der Waals surface area contributed by atoms with Crippen molar-refractivity contribution in [2.24, 2.45) is 0 Å². The van der Waals surface area contributed by atoms with Crippen molar-refractivity contribution < 1.29 is 13.9 Å². The quantitative estimate of drug-likeness (QED) is 0.535. The zero-order valence-corrected chi connectivity index (χ0v) is 14.8. The molecule has 5 rings (SSSR count). The molecule has 1 aliphatic rings. The zero-order valence-electron chi connectivity index (χ0n) is 13.9. The van der Waals surface area contributed by atoms with Crippen molar-refractivity contribution >= 4 is 33.3 Å². The van der Waals surface area contributed by atoms with Gasteiger partial charge in [0, 0.05) is 5.39 Å². The van der Waals surface area contributed by atoms with Crippen molar-refractivity contribution in [3.05, 3.63) is 36.0 Å². The molecule has 0 fully saturated rings. The second kappa shape index (κ2) is 4.86. The predicted octanol–water partition coefficient (Wildman–Crippen LogP) is 4.40. The highest BCUT2D eigenvalue weighted by Crippen LogP contribution is 2.39. The van der Waals surface area contributed by atoms with Crippen LogP contribution in [-0.4, -0.2) is 27.3 Å². The molecule has 1 aliphatic heterocycles. The highest BCUT2D eigenvalue weighted by molar-refractivity contribution is 7.18. The third-order valence-corrected chi connectivity index (χ3v) is 5.05. The number of aromatic nitrogens is 3. The van der Waals surface area contributed by atoms with Gasteiger partial charge in [0.15, 0.2) is 5.76 Å². The van der Waals surface area contributed by atoms with Crippen LogP contribution >= 0.6 is 11.3 Å². The fourth-order valence-electron chi connectivity index (χ4n) is 2.96. The maximum absolute atomic E-state index is 6.11. The number of methoxy groups -OCH3 is 1. The molecule has 0 aliphatic carbocycles. The average Bonchev–Trinajstić information content (AvgIpc) is 3.24. The normalized spacial score (nSPS) is 15.5. The number of imidazole rings is 1. The van der Waals surface area contributed by atoms with E-state index >= 15 is 0 Å². The first kappa shape index (κ1) is 14.5. The summed E-state index contributed by atoms with van der Waals surface area (Å²) in [6, 6.07) is 5.99. The molecule has 25 heavy (non-hydrogen) atoms. The van der Waals surface area contributed by atoms with Crippen LogP contribution in [0.4, 0.5) is 0 Å². The van der Waals surface area contributed by atoms with Gasteiger partial charge in [-0.05, 0) is 55.5 Å². The molecule has 0 amide bonds. The van der Waals surface area contributed by atoms with Gasteiger partial charge in [-0.2, -0.15) is 0 Å². The molecule has 6 nitrogen and oxygen atoms in total. The Morgan fingerprint density at radius 3 is 2.96 bits per heavy atom. The number of rotatable bonds is 2. The van der Waals surface area contributed by atoms with Crippen molar-refractivity contribution in [2.75, 3.05) is 7.11 Å². The predicted molar refractivity (Wildman–Crippen MR) is 96.4 cm³/mol. The first-order chi connectivity index (χ1) is 12.0. The third kappa shape index (κ3) is 2.23. The summed E-state index contributed by atoms with van der Waals surface area (Å²) in [4.78, 5) is 5.34. The largest absolute Gasteiger partial charge is 0.483 e. The Labute approximate surface area is 147 Å². The Morgan fingerprint density at radius 1 is 1.28 bits per heavy atom. The van der Waals surface area contributed by atoms with Crippen molar-refractivity contribution in [2.45, 2.75) is 19.4 Å². The van der Waals surface area contributed by atoms with Crippen LogP contribution in [0.15, 0.2) is 34.9 Å². The van der Waals surface area contributed by atoms with E-state index in [1.807, 2.05) is 44.3 Å². The minimum Gasteiger partial charge on any atom is -0.483 e. The maximum atomic E-state index is 6.11. The van der Waals surface area contributed by atoms with Crippen molar-refractivity contribution in [3.8, 4) is 22.4 Å². The second-order valence-electron chi connectivity index (χ2n) is 6.47.